The molecule has 1 aromatic rings. The van der Waals surface area contributed by atoms with Gasteiger partial charge in [-0.3, -0.25) is 9.80 Å². The summed E-state index contributed by atoms with van der Waals surface area (Å²) in [5, 5.41) is 6.91. The Balaban J connectivity index is 2.32. The Kier molecular flexibility index (Phi) is 8.05. The van der Waals surface area contributed by atoms with Crippen molar-refractivity contribution in [2.75, 3.05) is 20.2 Å². The van der Waals surface area contributed by atoms with Gasteiger partial charge < -0.3 is 10.5 Å². The van der Waals surface area contributed by atoms with Crippen LogP contribution in [0, 0.1) is 5.92 Å². The van der Waals surface area contributed by atoms with Gasteiger partial charge in [0.15, 0.2) is 0 Å². The van der Waals surface area contributed by atoms with Crippen molar-refractivity contribution in [3.8, 4) is 5.75 Å². The Labute approximate surface area is 168 Å². The molecule has 1 atom stereocenters. The SMILES string of the molecule is C/C=C\C(=N/N(CC)CC1=CC=C[C@@H](C(N)=O)C1)c1cc(CC)ccc1OC. The normalized spacial score (nSPS) is 16.9. The number of hydrogen-bond donors (Lipinski definition) is 1. The third-order valence-electron chi connectivity index (χ3n) is 4.80. The van der Waals surface area contributed by atoms with Crippen LogP contribution in [0.5, 0.6) is 5.75 Å². The topological polar surface area (TPSA) is 67.9 Å². The zero-order valence-corrected chi connectivity index (χ0v) is 17.3. The minimum absolute atomic E-state index is 0.237. The van der Waals surface area contributed by atoms with Crippen LogP contribution in [0.3, 0.4) is 0 Å². The Morgan fingerprint density at radius 2 is 2.18 bits per heavy atom. The van der Waals surface area contributed by atoms with Crippen LogP contribution in [0.4, 0.5) is 0 Å². The first-order chi connectivity index (χ1) is 13.5. The van der Waals surface area contributed by atoms with Crippen LogP contribution in [-0.2, 0) is 11.2 Å². The van der Waals surface area contributed by atoms with Gasteiger partial charge in [-0.25, -0.2) is 0 Å². The molecule has 1 aliphatic carbocycles. The largest absolute Gasteiger partial charge is 0.496 e. The average Bonchev–Trinajstić information content (AvgIpc) is 2.72. The Bertz CT molecular complexity index is 806. The number of nitrogens with zero attached hydrogens (tertiary/aromatic N) is 2. The molecule has 0 unspecified atom stereocenters. The molecule has 0 bridgehead atoms. The van der Waals surface area contributed by atoms with E-state index in [1.165, 1.54) is 5.56 Å². The van der Waals surface area contributed by atoms with Gasteiger partial charge in [-0.15, -0.1) is 0 Å². The summed E-state index contributed by atoms with van der Waals surface area (Å²) in [4.78, 5) is 11.5. The van der Waals surface area contributed by atoms with Crippen molar-refractivity contribution in [3.05, 3.63) is 65.3 Å². The van der Waals surface area contributed by atoms with E-state index in [2.05, 4.69) is 26.0 Å². The average molecular weight is 382 g/mol. The van der Waals surface area contributed by atoms with E-state index in [1.54, 1.807) is 7.11 Å². The second-order valence-corrected chi connectivity index (χ2v) is 6.78. The molecular formula is C23H31N3O2. The lowest BCUT2D eigenvalue weighted by atomic mass is 9.93. The van der Waals surface area contributed by atoms with Crippen LogP contribution in [0.2, 0.25) is 0 Å². The van der Waals surface area contributed by atoms with Crippen LogP contribution in [0.25, 0.3) is 0 Å². The highest BCUT2D eigenvalue weighted by Gasteiger charge is 2.18. The number of aryl methyl sites for hydroxylation is 1. The van der Waals surface area contributed by atoms with E-state index in [0.717, 1.165) is 35.6 Å². The molecule has 2 rings (SSSR count). The Morgan fingerprint density at radius 1 is 1.39 bits per heavy atom. The lowest BCUT2D eigenvalue weighted by molar-refractivity contribution is -0.120. The van der Waals surface area contributed by atoms with E-state index in [1.807, 2.05) is 48.4 Å². The van der Waals surface area contributed by atoms with Gasteiger partial charge in [0.1, 0.15) is 5.75 Å². The molecule has 28 heavy (non-hydrogen) atoms. The molecule has 2 N–H and O–H groups in total. The number of likely N-dealkylation sites (N-methyl/N-ethyl adjacent to an activating group) is 1. The maximum atomic E-state index is 11.5. The van der Waals surface area contributed by atoms with E-state index < -0.39 is 0 Å². The summed E-state index contributed by atoms with van der Waals surface area (Å²) in [6.45, 7) is 7.59. The number of primary amides is 1. The summed E-state index contributed by atoms with van der Waals surface area (Å²) < 4.78 is 5.57. The summed E-state index contributed by atoms with van der Waals surface area (Å²) in [7, 11) is 1.68. The highest BCUT2D eigenvalue weighted by Crippen LogP contribution is 2.23. The molecule has 150 valence electrons. The quantitative estimate of drug-likeness (QED) is 0.522. The number of rotatable bonds is 9. The summed E-state index contributed by atoms with van der Waals surface area (Å²) in [6, 6.07) is 6.21. The monoisotopic (exact) mass is 381 g/mol. The molecule has 1 aromatic carbocycles. The third kappa shape index (κ3) is 5.59. The number of ether oxygens (including phenoxy) is 1. The fourth-order valence-corrected chi connectivity index (χ4v) is 3.17. The van der Waals surface area contributed by atoms with Crippen molar-refractivity contribution in [2.24, 2.45) is 16.8 Å². The number of hydrogen-bond acceptors (Lipinski definition) is 4. The van der Waals surface area contributed by atoms with Crippen LogP contribution >= 0.6 is 0 Å². The molecule has 0 spiro atoms. The summed E-state index contributed by atoms with van der Waals surface area (Å²) in [5.41, 5.74) is 9.68. The molecule has 0 radical (unpaired) electrons. The lowest BCUT2D eigenvalue weighted by Crippen LogP contribution is -2.27. The van der Waals surface area contributed by atoms with Gasteiger partial charge in [0, 0.05) is 12.1 Å². The smallest absolute Gasteiger partial charge is 0.224 e. The van der Waals surface area contributed by atoms with Gasteiger partial charge in [0.25, 0.3) is 0 Å². The first-order valence-corrected chi connectivity index (χ1v) is 9.81. The first-order valence-electron chi connectivity index (χ1n) is 9.81. The minimum atomic E-state index is -0.288. The van der Waals surface area contributed by atoms with Crippen LogP contribution in [-0.4, -0.2) is 36.8 Å². The molecule has 5 nitrogen and oxygen atoms in total. The fourth-order valence-electron chi connectivity index (χ4n) is 3.17. The number of carbonyl (C=O) groups is 1. The maximum Gasteiger partial charge on any atom is 0.224 e. The van der Waals surface area contributed by atoms with Gasteiger partial charge in [-0.1, -0.05) is 37.3 Å². The predicted octanol–water partition coefficient (Wildman–Crippen LogP) is 3.85. The predicted molar refractivity (Wildman–Crippen MR) is 115 cm³/mol. The molecule has 0 saturated carbocycles. The molecule has 5 heteroatoms. The minimum Gasteiger partial charge on any atom is -0.496 e. The molecule has 1 amide bonds. The number of benzene rings is 1. The lowest BCUT2D eigenvalue weighted by Gasteiger charge is -2.23. The maximum absolute atomic E-state index is 11.5. The second-order valence-electron chi connectivity index (χ2n) is 6.78. The number of nitrogens with two attached hydrogens (primary N) is 1. The van der Waals surface area contributed by atoms with Crippen molar-refractivity contribution in [1.29, 1.82) is 0 Å². The first kappa shape index (κ1) is 21.5. The zero-order chi connectivity index (χ0) is 20.5. The van der Waals surface area contributed by atoms with E-state index in [9.17, 15) is 4.79 Å². The molecule has 0 aromatic heterocycles. The van der Waals surface area contributed by atoms with Gasteiger partial charge in [0.2, 0.25) is 5.91 Å². The van der Waals surface area contributed by atoms with E-state index >= 15 is 0 Å². The van der Waals surface area contributed by atoms with E-state index in [4.69, 9.17) is 15.6 Å². The summed E-state index contributed by atoms with van der Waals surface area (Å²) >= 11 is 0. The standard InChI is InChI=1S/C23H31N3O2/c1-5-9-21(20-15-17(6-2)12-13-22(20)28-4)25-26(7-3)16-18-10-8-11-19(14-18)23(24)27/h5,8-13,15,19H,6-7,14,16H2,1-4H3,(H2,24,27)/b9-5-,25-21+/t19-/m1/s1. The van der Waals surface area contributed by atoms with Gasteiger partial charge in [-0.05, 0) is 56.0 Å². The van der Waals surface area contributed by atoms with Crippen molar-refractivity contribution in [3.63, 3.8) is 0 Å². The van der Waals surface area contributed by atoms with Gasteiger partial charge in [0.05, 0.1) is 25.3 Å². The fraction of sp³-hybridized carbons (Fsp3) is 0.391. The van der Waals surface area contributed by atoms with Crippen molar-refractivity contribution in [2.45, 2.75) is 33.6 Å². The molecular weight excluding hydrogens is 350 g/mol. The molecule has 0 saturated heterocycles. The van der Waals surface area contributed by atoms with Crippen LogP contribution in [0.15, 0.2) is 59.3 Å². The van der Waals surface area contributed by atoms with Gasteiger partial charge >= 0.3 is 0 Å². The highest BCUT2D eigenvalue weighted by molar-refractivity contribution is 6.10. The molecule has 0 heterocycles. The Hall–Kier alpha value is -2.82. The zero-order valence-electron chi connectivity index (χ0n) is 17.3. The summed E-state index contributed by atoms with van der Waals surface area (Å²) in [6.07, 6.45) is 11.4. The number of allylic oxidation sites excluding steroid dienone is 4. The van der Waals surface area contributed by atoms with Crippen molar-refractivity contribution >= 4 is 11.6 Å². The number of amides is 1. The summed E-state index contributed by atoms with van der Waals surface area (Å²) in [5.74, 6) is 0.279. The van der Waals surface area contributed by atoms with Crippen molar-refractivity contribution < 1.29 is 9.53 Å². The van der Waals surface area contributed by atoms with Crippen LogP contribution in [0.1, 0.15) is 38.3 Å². The molecule has 0 aliphatic heterocycles. The van der Waals surface area contributed by atoms with Crippen LogP contribution < -0.4 is 10.5 Å². The van der Waals surface area contributed by atoms with E-state index in [0.29, 0.717) is 13.0 Å². The highest BCUT2D eigenvalue weighted by atomic mass is 16.5. The Morgan fingerprint density at radius 3 is 2.79 bits per heavy atom. The molecule has 0 fully saturated rings. The third-order valence-corrected chi connectivity index (χ3v) is 4.80. The number of hydrazone groups is 1. The number of carbonyl (C=O) groups excluding carboxylic acids is 1. The number of methoxy groups -OCH3 is 1. The van der Waals surface area contributed by atoms with Crippen molar-refractivity contribution in [1.82, 2.24) is 5.01 Å². The van der Waals surface area contributed by atoms with Gasteiger partial charge in [-0.2, -0.15) is 5.10 Å². The van der Waals surface area contributed by atoms with E-state index in [-0.39, 0.29) is 11.8 Å². The molecule has 1 aliphatic rings. The second kappa shape index (κ2) is 10.5.